The summed E-state index contributed by atoms with van der Waals surface area (Å²) >= 11 is 0. The summed E-state index contributed by atoms with van der Waals surface area (Å²) in [6, 6.07) is 0. The molecule has 1 aromatic rings. The van der Waals surface area contributed by atoms with Gasteiger partial charge >= 0.3 is 5.69 Å². The van der Waals surface area contributed by atoms with Crippen LogP contribution in [0, 0.1) is 0 Å². The lowest BCUT2D eigenvalue weighted by molar-refractivity contribution is -0.0492. The fourth-order valence-electron chi connectivity index (χ4n) is 2.27. The van der Waals surface area contributed by atoms with Gasteiger partial charge in [0.15, 0.2) is 12.4 Å². The Bertz CT molecular complexity index is 601. The van der Waals surface area contributed by atoms with Crippen molar-refractivity contribution in [3.8, 4) is 0 Å². The Hall–Kier alpha value is -1.55. The number of nitrogens with zero attached hydrogens (tertiary/aromatic N) is 1. The second-order valence-corrected chi connectivity index (χ2v) is 4.90. The third kappa shape index (κ3) is 3.05. The van der Waals surface area contributed by atoms with E-state index >= 15 is 0 Å². The van der Waals surface area contributed by atoms with Gasteiger partial charge < -0.3 is 20.7 Å². The number of ether oxygens (including phenoxy) is 1. The molecule has 4 atom stereocenters. The number of aliphatic hydroxyl groups is 2. The van der Waals surface area contributed by atoms with Gasteiger partial charge in [-0.1, -0.05) is 0 Å². The number of H-pyrrole nitrogens is 1. The molecule has 2 rings (SSSR count). The summed E-state index contributed by atoms with van der Waals surface area (Å²) in [5, 5.41) is 18.6. The second kappa shape index (κ2) is 6.48. The number of rotatable bonds is 5. The molecule has 1 unspecified atom stereocenters. The summed E-state index contributed by atoms with van der Waals surface area (Å²) in [6.07, 6.45) is -3.84. The predicted octanol–water partition coefficient (Wildman–Crippen LogP) is -1.98. The molecule has 1 aliphatic heterocycles. The number of hydrogen-bond acceptors (Lipinski definition) is 6. The minimum Gasteiger partial charge on any atom is -0.394 e. The minimum absolute atomic E-state index is 0.276. The average Bonchev–Trinajstić information content (AvgIpc) is 2.74. The van der Waals surface area contributed by atoms with Gasteiger partial charge in [-0.05, 0) is 19.4 Å². The fraction of sp³-hybridized carbons (Fsp3) is 0.667. The van der Waals surface area contributed by atoms with Gasteiger partial charge in [-0.3, -0.25) is 14.3 Å². The van der Waals surface area contributed by atoms with Crippen LogP contribution in [-0.2, 0) is 11.2 Å². The SMILES string of the molecule is NCCCc1cn([C@@H]2O[C@H](CO)[C@H](O)C2F)c(=O)[nH]c1=O. The molecular weight excluding hydrogens is 285 g/mol. The molecule has 1 fully saturated rings. The van der Waals surface area contributed by atoms with Crippen molar-refractivity contribution in [2.45, 2.75) is 37.4 Å². The Morgan fingerprint density at radius 3 is 2.76 bits per heavy atom. The first-order valence-electron chi connectivity index (χ1n) is 6.62. The minimum atomic E-state index is -1.88. The van der Waals surface area contributed by atoms with Crippen LogP contribution in [0.15, 0.2) is 15.8 Å². The van der Waals surface area contributed by atoms with Crippen LogP contribution >= 0.6 is 0 Å². The summed E-state index contributed by atoms with van der Waals surface area (Å²) in [7, 11) is 0. The van der Waals surface area contributed by atoms with Gasteiger partial charge in [0.2, 0.25) is 0 Å². The molecule has 118 valence electrons. The van der Waals surface area contributed by atoms with E-state index in [0.29, 0.717) is 19.4 Å². The van der Waals surface area contributed by atoms with E-state index in [9.17, 15) is 19.1 Å². The van der Waals surface area contributed by atoms with E-state index in [2.05, 4.69) is 4.98 Å². The number of aryl methyl sites for hydroxylation is 1. The van der Waals surface area contributed by atoms with Crippen LogP contribution in [0.1, 0.15) is 18.2 Å². The zero-order valence-corrected chi connectivity index (χ0v) is 11.2. The maximum Gasteiger partial charge on any atom is 0.330 e. The Labute approximate surface area is 119 Å². The fourth-order valence-corrected chi connectivity index (χ4v) is 2.27. The van der Waals surface area contributed by atoms with Crippen LogP contribution in [0.2, 0.25) is 0 Å². The normalized spacial score (nSPS) is 29.0. The molecule has 21 heavy (non-hydrogen) atoms. The van der Waals surface area contributed by atoms with Crippen molar-refractivity contribution in [1.82, 2.24) is 9.55 Å². The largest absolute Gasteiger partial charge is 0.394 e. The zero-order chi connectivity index (χ0) is 15.6. The summed E-state index contributed by atoms with van der Waals surface area (Å²) < 4.78 is 20.0. The molecule has 1 aliphatic rings. The predicted molar refractivity (Wildman–Crippen MR) is 70.6 cm³/mol. The molecule has 0 amide bonds. The van der Waals surface area contributed by atoms with Gasteiger partial charge in [-0.2, -0.15) is 0 Å². The van der Waals surface area contributed by atoms with Gasteiger partial charge in [-0.15, -0.1) is 0 Å². The van der Waals surface area contributed by atoms with Crippen molar-refractivity contribution in [2.75, 3.05) is 13.2 Å². The quantitative estimate of drug-likeness (QED) is 0.498. The first-order chi connectivity index (χ1) is 9.99. The molecule has 0 aromatic carbocycles. The van der Waals surface area contributed by atoms with E-state index in [1.807, 2.05) is 0 Å². The van der Waals surface area contributed by atoms with Crippen LogP contribution in [0.4, 0.5) is 4.39 Å². The molecule has 9 heteroatoms. The highest BCUT2D eigenvalue weighted by atomic mass is 19.1. The van der Waals surface area contributed by atoms with Gasteiger partial charge in [0.25, 0.3) is 5.56 Å². The van der Waals surface area contributed by atoms with Gasteiger partial charge in [0, 0.05) is 11.8 Å². The van der Waals surface area contributed by atoms with E-state index < -0.39 is 42.5 Å². The van der Waals surface area contributed by atoms with E-state index in [4.69, 9.17) is 15.6 Å². The maximum absolute atomic E-state index is 14.0. The standard InChI is InChI=1S/C12H18FN3O5/c13-8-9(18)7(5-17)21-11(8)16-4-6(2-1-3-14)10(19)15-12(16)20/h4,7-9,11,17-18H,1-3,5,14H2,(H,15,19,20)/t7-,8?,9+,11-/m1/s1. The molecule has 8 nitrogen and oxygen atoms in total. The third-order valence-electron chi connectivity index (χ3n) is 3.44. The number of alkyl halides is 1. The molecule has 0 spiro atoms. The first kappa shape index (κ1) is 15.8. The Morgan fingerprint density at radius 1 is 1.48 bits per heavy atom. The van der Waals surface area contributed by atoms with Crippen molar-refractivity contribution in [1.29, 1.82) is 0 Å². The van der Waals surface area contributed by atoms with E-state index in [1.54, 1.807) is 0 Å². The number of halogens is 1. The molecular formula is C12H18FN3O5. The lowest BCUT2D eigenvalue weighted by Crippen LogP contribution is -2.37. The Kier molecular flexibility index (Phi) is 4.88. The van der Waals surface area contributed by atoms with Crippen LogP contribution in [0.25, 0.3) is 0 Å². The second-order valence-electron chi connectivity index (χ2n) is 4.90. The van der Waals surface area contributed by atoms with E-state index in [0.717, 1.165) is 4.57 Å². The van der Waals surface area contributed by atoms with Crippen molar-refractivity contribution in [2.24, 2.45) is 5.73 Å². The summed E-state index contributed by atoms with van der Waals surface area (Å²) in [5.74, 6) is 0. The molecule has 1 aromatic heterocycles. The van der Waals surface area contributed by atoms with Gasteiger partial charge in [0.05, 0.1) is 6.61 Å². The lowest BCUT2D eigenvalue weighted by Gasteiger charge is -2.16. The first-order valence-corrected chi connectivity index (χ1v) is 6.62. The topological polar surface area (TPSA) is 131 Å². The smallest absolute Gasteiger partial charge is 0.330 e. The van der Waals surface area contributed by atoms with Crippen molar-refractivity contribution >= 4 is 0 Å². The Morgan fingerprint density at radius 2 is 2.19 bits per heavy atom. The number of hydrogen-bond donors (Lipinski definition) is 4. The van der Waals surface area contributed by atoms with Crippen LogP contribution in [-0.4, -0.2) is 51.3 Å². The molecule has 0 saturated carbocycles. The molecule has 1 saturated heterocycles. The van der Waals surface area contributed by atoms with Crippen LogP contribution < -0.4 is 17.0 Å². The van der Waals surface area contributed by atoms with Gasteiger partial charge in [0.1, 0.15) is 12.2 Å². The highest BCUT2D eigenvalue weighted by molar-refractivity contribution is 5.06. The van der Waals surface area contributed by atoms with Crippen molar-refractivity contribution in [3.05, 3.63) is 32.6 Å². The highest BCUT2D eigenvalue weighted by Gasteiger charge is 2.45. The molecule has 0 aliphatic carbocycles. The number of nitrogens with one attached hydrogen (secondary N) is 1. The molecule has 2 heterocycles. The van der Waals surface area contributed by atoms with Gasteiger partial charge in [-0.25, -0.2) is 9.18 Å². The summed E-state index contributed by atoms with van der Waals surface area (Å²) in [6.45, 7) is -0.203. The lowest BCUT2D eigenvalue weighted by atomic mass is 10.1. The Balaban J connectivity index is 2.35. The van der Waals surface area contributed by atoms with E-state index in [1.165, 1.54) is 6.20 Å². The van der Waals surface area contributed by atoms with Crippen molar-refractivity contribution in [3.63, 3.8) is 0 Å². The number of aromatic nitrogens is 2. The molecule has 5 N–H and O–H groups in total. The van der Waals surface area contributed by atoms with E-state index in [-0.39, 0.29) is 5.56 Å². The van der Waals surface area contributed by atoms with Crippen LogP contribution in [0.3, 0.4) is 0 Å². The maximum atomic E-state index is 14.0. The van der Waals surface area contributed by atoms with Crippen molar-refractivity contribution < 1.29 is 19.3 Å². The third-order valence-corrected chi connectivity index (χ3v) is 3.44. The highest BCUT2D eigenvalue weighted by Crippen LogP contribution is 2.30. The number of aromatic amines is 1. The molecule has 0 radical (unpaired) electrons. The zero-order valence-electron chi connectivity index (χ0n) is 11.2. The number of nitrogens with two attached hydrogens (primary N) is 1. The average molecular weight is 303 g/mol. The summed E-state index contributed by atoms with van der Waals surface area (Å²) in [5.41, 5.74) is 4.25. The monoisotopic (exact) mass is 303 g/mol. The number of aliphatic hydroxyl groups excluding tert-OH is 2. The molecule has 0 bridgehead atoms. The van der Waals surface area contributed by atoms with Crippen LogP contribution in [0.5, 0.6) is 0 Å². The summed E-state index contributed by atoms with van der Waals surface area (Å²) in [4.78, 5) is 25.5.